The second kappa shape index (κ2) is 15.0. The molecular weight excluding hydrogens is 655 g/mol. The number of alkyl halides is 3. The average Bonchev–Trinajstić information content (AvgIpc) is 3.62. The highest BCUT2D eigenvalue weighted by Gasteiger charge is 2.47. The first-order valence-corrected chi connectivity index (χ1v) is 16.7. The molecule has 268 valence electrons. The molecule has 5 atom stereocenters. The summed E-state index contributed by atoms with van der Waals surface area (Å²) in [6.45, 7) is 4.10. The predicted molar refractivity (Wildman–Crippen MR) is 177 cm³/mol. The second-order valence-electron chi connectivity index (χ2n) is 13.0. The molecule has 0 bridgehead atoms. The van der Waals surface area contributed by atoms with Gasteiger partial charge < -0.3 is 34.3 Å². The van der Waals surface area contributed by atoms with E-state index in [1.807, 2.05) is 36.4 Å². The zero-order valence-corrected chi connectivity index (χ0v) is 28.2. The van der Waals surface area contributed by atoms with Crippen molar-refractivity contribution in [2.75, 3.05) is 39.2 Å². The summed E-state index contributed by atoms with van der Waals surface area (Å²) in [7, 11) is 3.26. The first kappa shape index (κ1) is 35.6. The quantitative estimate of drug-likeness (QED) is 0.300. The van der Waals surface area contributed by atoms with Crippen LogP contribution in [0.25, 0.3) is 0 Å². The first-order chi connectivity index (χ1) is 24.0. The number of aliphatic hydroxyl groups excluding tert-OH is 1. The highest BCUT2D eigenvalue weighted by molar-refractivity contribution is 5.98. The molecule has 6 rings (SSSR count). The van der Waals surface area contributed by atoms with Crippen LogP contribution in [0.1, 0.15) is 60.0 Å². The van der Waals surface area contributed by atoms with Crippen molar-refractivity contribution in [1.82, 2.24) is 9.80 Å². The number of ether oxygens (including phenoxy) is 4. The Morgan fingerprint density at radius 3 is 2.24 bits per heavy atom. The third kappa shape index (κ3) is 7.60. The molecule has 2 N–H and O–H groups in total. The molecule has 50 heavy (non-hydrogen) atoms. The Labute approximate surface area is 289 Å². The van der Waals surface area contributed by atoms with E-state index in [4.69, 9.17) is 18.9 Å². The van der Waals surface area contributed by atoms with Gasteiger partial charge in [-0.1, -0.05) is 43.3 Å². The number of amides is 2. The first-order valence-electron chi connectivity index (χ1n) is 16.7. The zero-order valence-electron chi connectivity index (χ0n) is 28.2. The molecular formula is C37H42F3N3O7. The number of carbonyl (C=O) groups is 2. The minimum Gasteiger partial charge on any atom is -0.493 e. The summed E-state index contributed by atoms with van der Waals surface area (Å²) in [5.74, 6) is -1.31. The van der Waals surface area contributed by atoms with Crippen molar-refractivity contribution in [2.45, 2.75) is 70.1 Å². The molecule has 10 nitrogen and oxygen atoms in total. The van der Waals surface area contributed by atoms with Gasteiger partial charge in [-0.05, 0) is 65.8 Å². The largest absolute Gasteiger partial charge is 0.493 e. The molecule has 2 fully saturated rings. The summed E-state index contributed by atoms with van der Waals surface area (Å²) in [5, 5.41) is 12.2. The third-order valence-corrected chi connectivity index (χ3v) is 9.87. The highest BCUT2D eigenvalue weighted by atomic mass is 19.4. The van der Waals surface area contributed by atoms with Gasteiger partial charge in [0.2, 0.25) is 5.91 Å². The Hall–Kier alpha value is -4.17. The maximum Gasteiger partial charge on any atom is 0.471 e. The van der Waals surface area contributed by atoms with Gasteiger partial charge in [0.25, 0.3) is 0 Å². The minimum atomic E-state index is -5.04. The van der Waals surface area contributed by atoms with Crippen molar-refractivity contribution in [3.63, 3.8) is 0 Å². The van der Waals surface area contributed by atoms with Gasteiger partial charge in [0, 0.05) is 43.3 Å². The number of aliphatic hydroxyl groups is 1. The van der Waals surface area contributed by atoms with E-state index in [1.54, 1.807) is 38.5 Å². The topological polar surface area (TPSA) is 110 Å². The van der Waals surface area contributed by atoms with Crippen LogP contribution in [0.2, 0.25) is 0 Å². The van der Waals surface area contributed by atoms with Crippen molar-refractivity contribution in [3.05, 3.63) is 88.5 Å². The monoisotopic (exact) mass is 697 g/mol. The molecule has 5 unspecified atom stereocenters. The van der Waals surface area contributed by atoms with Crippen molar-refractivity contribution < 1.29 is 46.8 Å². The Morgan fingerprint density at radius 2 is 1.60 bits per heavy atom. The second-order valence-corrected chi connectivity index (χ2v) is 13.0. The van der Waals surface area contributed by atoms with E-state index in [-0.39, 0.29) is 37.7 Å². The summed E-state index contributed by atoms with van der Waals surface area (Å²) in [6.07, 6.45) is -5.04. The molecule has 0 aromatic heterocycles. The molecule has 3 aromatic carbocycles. The number of hydrogen-bond donors (Lipinski definition) is 2. The van der Waals surface area contributed by atoms with Crippen molar-refractivity contribution in [1.29, 1.82) is 0 Å². The van der Waals surface area contributed by atoms with Gasteiger partial charge in [-0.15, -0.1) is 0 Å². The Bertz CT molecular complexity index is 1670. The van der Waals surface area contributed by atoms with Crippen LogP contribution in [0.15, 0.2) is 60.7 Å². The van der Waals surface area contributed by atoms with Gasteiger partial charge in [-0.2, -0.15) is 13.2 Å². The number of fused-ring (bicyclic) bond motifs is 1. The number of carbonyl (C=O) groups excluding carboxylic acids is 2. The van der Waals surface area contributed by atoms with Crippen LogP contribution in [0.4, 0.5) is 18.9 Å². The number of nitrogens with one attached hydrogen (secondary N) is 1. The Balaban J connectivity index is 1.19. The molecule has 13 heteroatoms. The standard InChI is InChI=1S/C37H42F3N3O7/c1-22-32(20-42-16-14-26-17-30(47-2)31(48-3)18-27(26)19-42)49-35(50-33(22)24-8-6-23(21-44)7-9-24)25-10-12-28(13-11-25)41-34(45)29-5-4-15-43(29)36(46)37(38,39)40/h6-13,17-18,22,29,32-33,35,44H,4-5,14-16,19-21H2,1-3H3,(H,41,45). The van der Waals surface area contributed by atoms with Crippen LogP contribution in [-0.2, 0) is 38.6 Å². The molecule has 3 aliphatic rings. The molecule has 3 aromatic rings. The van der Waals surface area contributed by atoms with Crippen molar-refractivity contribution >= 4 is 17.5 Å². The van der Waals surface area contributed by atoms with Gasteiger partial charge in [-0.3, -0.25) is 14.5 Å². The summed E-state index contributed by atoms with van der Waals surface area (Å²) in [6, 6.07) is 17.3. The van der Waals surface area contributed by atoms with E-state index < -0.39 is 30.3 Å². The number of benzene rings is 3. The molecule has 3 aliphatic heterocycles. The lowest BCUT2D eigenvalue weighted by Crippen LogP contribution is -2.48. The normalized spacial score (nSPS) is 24.1. The maximum absolute atomic E-state index is 13.1. The average molecular weight is 698 g/mol. The molecule has 0 saturated carbocycles. The number of rotatable bonds is 9. The van der Waals surface area contributed by atoms with Gasteiger partial charge in [0.1, 0.15) is 6.04 Å². The Morgan fingerprint density at radius 1 is 0.940 bits per heavy atom. The lowest BCUT2D eigenvalue weighted by Gasteiger charge is -2.43. The van der Waals surface area contributed by atoms with E-state index in [0.717, 1.165) is 24.1 Å². The van der Waals surface area contributed by atoms with Crippen LogP contribution in [-0.4, -0.2) is 78.9 Å². The van der Waals surface area contributed by atoms with Crippen LogP contribution >= 0.6 is 0 Å². The summed E-state index contributed by atoms with van der Waals surface area (Å²) in [5.41, 5.74) is 5.21. The molecule has 0 aliphatic carbocycles. The van der Waals surface area contributed by atoms with Crippen LogP contribution < -0.4 is 14.8 Å². The molecule has 0 radical (unpaired) electrons. The highest BCUT2D eigenvalue weighted by Crippen LogP contribution is 2.43. The fourth-order valence-electron chi connectivity index (χ4n) is 7.07. The SMILES string of the molecule is COc1cc2c(cc1OC)CN(CC1OC(c3ccc(NC(=O)C4CCCN4C(=O)C(F)(F)F)cc3)OC(c3ccc(CO)cc3)C1C)CC2. The third-order valence-electron chi connectivity index (χ3n) is 9.87. The molecule has 2 amide bonds. The van der Waals surface area contributed by atoms with Crippen LogP contribution in [0, 0.1) is 5.92 Å². The van der Waals surface area contributed by atoms with Gasteiger partial charge in [-0.25, -0.2) is 0 Å². The number of nitrogens with zero attached hydrogens (tertiary/aromatic N) is 2. The summed E-state index contributed by atoms with van der Waals surface area (Å²) in [4.78, 5) is 27.8. The predicted octanol–water partition coefficient (Wildman–Crippen LogP) is 5.54. The number of anilines is 1. The van der Waals surface area contributed by atoms with E-state index in [0.29, 0.717) is 47.2 Å². The fraction of sp³-hybridized carbons (Fsp3) is 0.459. The van der Waals surface area contributed by atoms with E-state index in [1.165, 1.54) is 11.1 Å². The summed E-state index contributed by atoms with van der Waals surface area (Å²) >= 11 is 0. The minimum absolute atomic E-state index is 0.0367. The number of hydrogen-bond acceptors (Lipinski definition) is 8. The van der Waals surface area contributed by atoms with Gasteiger partial charge in [0.05, 0.1) is 33.0 Å². The van der Waals surface area contributed by atoms with Gasteiger partial charge >= 0.3 is 12.1 Å². The van der Waals surface area contributed by atoms with Crippen molar-refractivity contribution in [2.24, 2.45) is 5.92 Å². The fourth-order valence-corrected chi connectivity index (χ4v) is 7.07. The van der Waals surface area contributed by atoms with Crippen LogP contribution in [0.5, 0.6) is 11.5 Å². The lowest BCUT2D eigenvalue weighted by molar-refractivity contribution is -0.276. The van der Waals surface area contributed by atoms with Gasteiger partial charge in [0.15, 0.2) is 17.8 Å². The molecule has 2 saturated heterocycles. The van der Waals surface area contributed by atoms with E-state index in [9.17, 15) is 27.9 Å². The molecule has 0 spiro atoms. The maximum atomic E-state index is 13.1. The Kier molecular flexibility index (Phi) is 10.7. The number of methoxy groups -OCH3 is 2. The van der Waals surface area contributed by atoms with E-state index in [2.05, 4.69) is 17.1 Å². The van der Waals surface area contributed by atoms with E-state index >= 15 is 0 Å². The number of likely N-dealkylation sites (tertiary alicyclic amines) is 1. The zero-order chi connectivity index (χ0) is 35.6. The smallest absolute Gasteiger partial charge is 0.471 e. The lowest BCUT2D eigenvalue weighted by atomic mass is 9.89. The number of halogens is 3. The van der Waals surface area contributed by atoms with Crippen molar-refractivity contribution in [3.8, 4) is 11.5 Å². The molecule has 3 heterocycles. The van der Waals surface area contributed by atoms with Crippen LogP contribution in [0.3, 0.4) is 0 Å². The summed E-state index contributed by atoms with van der Waals surface area (Å²) < 4.78 is 63.5.